The quantitative estimate of drug-likeness (QED) is 0.666. The van der Waals surface area contributed by atoms with Crippen molar-refractivity contribution in [3.63, 3.8) is 0 Å². The minimum Gasteiger partial charge on any atom is -0.444 e. The second-order valence-corrected chi connectivity index (χ2v) is 6.48. The zero-order valence-electron chi connectivity index (χ0n) is 16.4. The number of rotatable bonds is 4. The molecule has 0 spiro atoms. The molecular formula is C22H21N3O4. The summed E-state index contributed by atoms with van der Waals surface area (Å²) in [6.07, 6.45) is -1.29. The zero-order chi connectivity index (χ0) is 21.0. The molecule has 7 heteroatoms. The Labute approximate surface area is 168 Å². The number of fused-ring (bicyclic) bond motifs is 1. The molecule has 2 aromatic carbocycles. The highest BCUT2D eigenvalue weighted by atomic mass is 16.5. The van der Waals surface area contributed by atoms with Crippen LogP contribution in [0.1, 0.15) is 33.3 Å². The molecule has 0 saturated carbocycles. The van der Waals surface area contributed by atoms with E-state index in [1.165, 1.54) is 7.05 Å². The van der Waals surface area contributed by atoms with Gasteiger partial charge in [0.2, 0.25) is 6.10 Å². The van der Waals surface area contributed by atoms with Crippen molar-refractivity contribution in [2.45, 2.75) is 20.0 Å². The predicted octanol–water partition coefficient (Wildman–Crippen LogP) is 3.21. The average molecular weight is 391 g/mol. The van der Waals surface area contributed by atoms with Crippen LogP contribution in [0.15, 0.2) is 54.6 Å². The van der Waals surface area contributed by atoms with Gasteiger partial charge in [-0.05, 0) is 25.5 Å². The third-order valence-corrected chi connectivity index (χ3v) is 4.57. The van der Waals surface area contributed by atoms with E-state index in [9.17, 15) is 14.4 Å². The molecule has 0 bridgehead atoms. The number of amides is 3. The summed E-state index contributed by atoms with van der Waals surface area (Å²) in [5, 5.41) is 5.30. The number of carbonyl (C=O) groups is 3. The first-order valence-corrected chi connectivity index (χ1v) is 9.06. The fourth-order valence-corrected chi connectivity index (χ4v) is 3.14. The number of aryl methyl sites for hydroxylation is 2. The lowest BCUT2D eigenvalue weighted by Gasteiger charge is -2.19. The Bertz CT molecular complexity index is 1080. The molecular weight excluding hydrogens is 370 g/mol. The Morgan fingerprint density at radius 1 is 0.966 bits per heavy atom. The van der Waals surface area contributed by atoms with Crippen molar-refractivity contribution in [1.29, 1.82) is 0 Å². The zero-order valence-corrected chi connectivity index (χ0v) is 16.4. The average Bonchev–Trinajstić information content (AvgIpc) is 2.72. The van der Waals surface area contributed by atoms with Gasteiger partial charge in [0.1, 0.15) is 0 Å². The minimum absolute atomic E-state index is 0.303. The Morgan fingerprint density at radius 3 is 2.31 bits per heavy atom. The normalized spacial score (nSPS) is 11.6. The van der Waals surface area contributed by atoms with E-state index >= 15 is 0 Å². The maximum atomic E-state index is 13.0. The topological polar surface area (TPSA) is 97.4 Å². The van der Waals surface area contributed by atoms with Crippen molar-refractivity contribution in [2.75, 3.05) is 7.05 Å². The number of aromatic nitrogens is 1. The number of nitrogens with zero attached hydrogens (tertiary/aromatic N) is 1. The Hall–Kier alpha value is -3.74. The highest BCUT2D eigenvalue weighted by molar-refractivity contribution is 6.01. The number of imide groups is 1. The van der Waals surface area contributed by atoms with Crippen LogP contribution in [0.5, 0.6) is 0 Å². The van der Waals surface area contributed by atoms with Gasteiger partial charge in [0.25, 0.3) is 5.91 Å². The van der Waals surface area contributed by atoms with E-state index < -0.39 is 24.0 Å². The van der Waals surface area contributed by atoms with Gasteiger partial charge in [-0.15, -0.1) is 0 Å². The van der Waals surface area contributed by atoms with Gasteiger partial charge in [0, 0.05) is 18.0 Å². The number of esters is 1. The number of hydrogen-bond acceptors (Lipinski definition) is 5. The van der Waals surface area contributed by atoms with Crippen molar-refractivity contribution >= 4 is 28.8 Å². The van der Waals surface area contributed by atoms with Crippen molar-refractivity contribution in [3.05, 3.63) is 77.0 Å². The van der Waals surface area contributed by atoms with Gasteiger partial charge in [-0.25, -0.2) is 9.59 Å². The molecule has 3 amide bonds. The Morgan fingerprint density at radius 2 is 1.62 bits per heavy atom. The van der Waals surface area contributed by atoms with E-state index in [0.717, 1.165) is 16.5 Å². The Balaban J connectivity index is 1.98. The summed E-state index contributed by atoms with van der Waals surface area (Å²) in [5.74, 6) is -1.42. The molecule has 3 aromatic rings. The number of urea groups is 1. The molecule has 148 valence electrons. The van der Waals surface area contributed by atoms with Gasteiger partial charge >= 0.3 is 12.0 Å². The van der Waals surface area contributed by atoms with E-state index in [1.807, 2.05) is 31.2 Å². The molecule has 0 radical (unpaired) electrons. The van der Waals surface area contributed by atoms with Gasteiger partial charge in [-0.1, -0.05) is 48.5 Å². The van der Waals surface area contributed by atoms with Crippen LogP contribution in [0.25, 0.3) is 10.9 Å². The summed E-state index contributed by atoms with van der Waals surface area (Å²) in [5.41, 5.74) is 2.75. The summed E-state index contributed by atoms with van der Waals surface area (Å²) >= 11 is 0. The number of carbonyl (C=O) groups excluding carboxylic acids is 3. The molecule has 0 aliphatic heterocycles. The summed E-state index contributed by atoms with van der Waals surface area (Å²) in [7, 11) is 1.39. The molecule has 7 nitrogen and oxygen atoms in total. The highest BCUT2D eigenvalue weighted by Gasteiger charge is 2.28. The number of hydrogen-bond donors (Lipinski definition) is 2. The second-order valence-electron chi connectivity index (χ2n) is 6.48. The maximum Gasteiger partial charge on any atom is 0.341 e. The van der Waals surface area contributed by atoms with E-state index in [2.05, 4.69) is 15.6 Å². The second kappa shape index (κ2) is 8.52. The van der Waals surface area contributed by atoms with E-state index in [1.54, 1.807) is 37.3 Å². The fourth-order valence-electron chi connectivity index (χ4n) is 3.14. The van der Waals surface area contributed by atoms with E-state index in [0.29, 0.717) is 16.8 Å². The number of pyridine rings is 1. The number of para-hydroxylation sites is 1. The molecule has 0 aliphatic rings. The summed E-state index contributed by atoms with van der Waals surface area (Å²) in [6, 6.07) is 15.3. The molecule has 1 atom stereocenters. The molecule has 3 rings (SSSR count). The van der Waals surface area contributed by atoms with Crippen LogP contribution in [0, 0.1) is 13.8 Å². The molecule has 0 saturated heterocycles. The molecule has 0 aliphatic carbocycles. The number of nitrogens with one attached hydrogen (secondary N) is 2. The van der Waals surface area contributed by atoms with Gasteiger partial charge in [0.15, 0.2) is 0 Å². The standard InChI is InChI=1S/C22H21N3O4/c1-13-16-11-7-8-12-17(16)24-14(2)18(13)21(27)29-19(15-9-5-4-6-10-15)20(26)25-22(28)23-3/h4-12,19H,1-3H3,(H2,23,25,26,28)/t19-/m1/s1. The van der Waals surface area contributed by atoms with Gasteiger partial charge in [-0.2, -0.15) is 0 Å². The highest BCUT2D eigenvalue weighted by Crippen LogP contribution is 2.26. The van der Waals surface area contributed by atoms with Crippen LogP contribution < -0.4 is 10.6 Å². The SMILES string of the molecule is CNC(=O)NC(=O)[C@H](OC(=O)c1c(C)nc2ccccc2c1C)c1ccccc1. The van der Waals surface area contributed by atoms with E-state index in [-0.39, 0.29) is 0 Å². The largest absolute Gasteiger partial charge is 0.444 e. The molecule has 0 unspecified atom stereocenters. The van der Waals surface area contributed by atoms with Crippen molar-refractivity contribution in [3.8, 4) is 0 Å². The molecule has 2 N–H and O–H groups in total. The third-order valence-electron chi connectivity index (χ3n) is 4.57. The monoisotopic (exact) mass is 391 g/mol. The van der Waals surface area contributed by atoms with E-state index in [4.69, 9.17) is 4.74 Å². The van der Waals surface area contributed by atoms with Crippen molar-refractivity contribution in [2.24, 2.45) is 0 Å². The maximum absolute atomic E-state index is 13.0. The lowest BCUT2D eigenvalue weighted by atomic mass is 10.0. The fraction of sp³-hybridized carbons (Fsp3) is 0.182. The van der Waals surface area contributed by atoms with Crippen LogP contribution in [0.4, 0.5) is 4.79 Å². The first-order valence-electron chi connectivity index (χ1n) is 9.06. The Kier molecular flexibility index (Phi) is 5.87. The molecule has 0 fully saturated rings. The summed E-state index contributed by atoms with van der Waals surface area (Å²) in [6.45, 7) is 3.54. The van der Waals surface area contributed by atoms with Crippen molar-refractivity contribution in [1.82, 2.24) is 15.6 Å². The number of ether oxygens (including phenoxy) is 1. The van der Waals surface area contributed by atoms with Crippen molar-refractivity contribution < 1.29 is 19.1 Å². The van der Waals surface area contributed by atoms with Crippen LogP contribution in [-0.2, 0) is 9.53 Å². The molecule has 29 heavy (non-hydrogen) atoms. The lowest BCUT2D eigenvalue weighted by Crippen LogP contribution is -2.41. The summed E-state index contributed by atoms with van der Waals surface area (Å²) < 4.78 is 5.57. The first kappa shape index (κ1) is 20.0. The van der Waals surface area contributed by atoms with Crippen LogP contribution in [0.3, 0.4) is 0 Å². The van der Waals surface area contributed by atoms with Crippen LogP contribution in [0.2, 0.25) is 0 Å². The third kappa shape index (κ3) is 4.24. The number of benzene rings is 2. The van der Waals surface area contributed by atoms with Gasteiger partial charge in [0.05, 0.1) is 16.8 Å². The van der Waals surface area contributed by atoms with Gasteiger partial charge in [-0.3, -0.25) is 15.1 Å². The molecule has 1 heterocycles. The lowest BCUT2D eigenvalue weighted by molar-refractivity contribution is -0.129. The van der Waals surface area contributed by atoms with Crippen LogP contribution >= 0.6 is 0 Å². The molecule has 1 aromatic heterocycles. The smallest absolute Gasteiger partial charge is 0.341 e. The minimum atomic E-state index is -1.29. The van der Waals surface area contributed by atoms with Crippen LogP contribution in [-0.4, -0.2) is 29.9 Å². The predicted molar refractivity (Wildman–Crippen MR) is 108 cm³/mol. The summed E-state index contributed by atoms with van der Waals surface area (Å²) in [4.78, 5) is 41.7. The van der Waals surface area contributed by atoms with Gasteiger partial charge < -0.3 is 10.1 Å². The first-order chi connectivity index (χ1) is 13.9.